The van der Waals surface area contributed by atoms with Gasteiger partial charge in [-0.3, -0.25) is 4.79 Å². The fraction of sp³-hybridized carbons (Fsp3) is 0.562. The predicted octanol–water partition coefficient (Wildman–Crippen LogP) is 1.72. The van der Waals surface area contributed by atoms with Crippen LogP contribution >= 0.6 is 0 Å². The molecule has 1 aromatic rings. The second-order valence-corrected chi connectivity index (χ2v) is 5.35. The summed E-state index contributed by atoms with van der Waals surface area (Å²) in [6.45, 7) is 4.82. The SMILES string of the molecule is CC[C@@H]1CN(C(=O)c2cc(OC)c3c(c2)OCCO3)CCO1. The van der Waals surface area contributed by atoms with Crippen LogP contribution in [0.5, 0.6) is 17.2 Å². The van der Waals surface area contributed by atoms with Crippen LogP contribution in [0.3, 0.4) is 0 Å². The number of methoxy groups -OCH3 is 1. The van der Waals surface area contributed by atoms with Gasteiger partial charge in [-0.05, 0) is 18.6 Å². The Morgan fingerprint density at radius 1 is 1.32 bits per heavy atom. The van der Waals surface area contributed by atoms with Gasteiger partial charge < -0.3 is 23.8 Å². The second-order valence-electron chi connectivity index (χ2n) is 5.35. The molecule has 1 aromatic carbocycles. The number of rotatable bonds is 3. The van der Waals surface area contributed by atoms with Gasteiger partial charge >= 0.3 is 0 Å². The summed E-state index contributed by atoms with van der Waals surface area (Å²) in [6.07, 6.45) is 1.01. The summed E-state index contributed by atoms with van der Waals surface area (Å²) in [4.78, 5) is 14.6. The molecule has 1 saturated heterocycles. The van der Waals surface area contributed by atoms with E-state index < -0.39 is 0 Å². The van der Waals surface area contributed by atoms with E-state index in [-0.39, 0.29) is 12.0 Å². The normalized spacial score (nSPS) is 20.6. The first kappa shape index (κ1) is 15.0. The zero-order valence-electron chi connectivity index (χ0n) is 13.0. The maximum absolute atomic E-state index is 12.7. The van der Waals surface area contributed by atoms with Gasteiger partial charge in [0.2, 0.25) is 5.75 Å². The third kappa shape index (κ3) is 2.83. The Bertz CT molecular complexity index is 542. The first-order valence-corrected chi connectivity index (χ1v) is 7.61. The van der Waals surface area contributed by atoms with Crippen LogP contribution in [0.1, 0.15) is 23.7 Å². The molecule has 0 bridgehead atoms. The van der Waals surface area contributed by atoms with Gasteiger partial charge in [-0.25, -0.2) is 0 Å². The Hall–Kier alpha value is -1.95. The van der Waals surface area contributed by atoms with Crippen molar-refractivity contribution in [3.05, 3.63) is 17.7 Å². The lowest BCUT2D eigenvalue weighted by Gasteiger charge is -2.33. The average Bonchev–Trinajstić information content (AvgIpc) is 2.60. The molecular formula is C16H21NO5. The number of amides is 1. The Morgan fingerprint density at radius 2 is 2.14 bits per heavy atom. The van der Waals surface area contributed by atoms with Gasteiger partial charge in [0.15, 0.2) is 11.5 Å². The first-order valence-electron chi connectivity index (χ1n) is 7.61. The Balaban J connectivity index is 1.86. The van der Waals surface area contributed by atoms with Crippen LogP contribution in [0.2, 0.25) is 0 Å². The highest BCUT2D eigenvalue weighted by molar-refractivity contribution is 5.95. The lowest BCUT2D eigenvalue weighted by atomic mass is 10.1. The van der Waals surface area contributed by atoms with Crippen LogP contribution < -0.4 is 14.2 Å². The van der Waals surface area contributed by atoms with E-state index in [2.05, 4.69) is 6.92 Å². The minimum absolute atomic E-state index is 0.0305. The van der Waals surface area contributed by atoms with Crippen LogP contribution in [0.25, 0.3) is 0 Å². The van der Waals surface area contributed by atoms with E-state index in [9.17, 15) is 4.79 Å². The van der Waals surface area contributed by atoms with Gasteiger partial charge in [0.1, 0.15) is 13.2 Å². The number of carbonyl (C=O) groups excluding carboxylic acids is 1. The van der Waals surface area contributed by atoms with Crippen molar-refractivity contribution in [2.75, 3.05) is 40.0 Å². The number of benzene rings is 1. The highest BCUT2D eigenvalue weighted by Gasteiger charge is 2.27. The number of morpholine rings is 1. The molecular weight excluding hydrogens is 286 g/mol. The Labute approximate surface area is 129 Å². The van der Waals surface area contributed by atoms with Gasteiger partial charge in [0.05, 0.1) is 19.8 Å². The van der Waals surface area contributed by atoms with Gasteiger partial charge in [0.25, 0.3) is 5.91 Å². The molecule has 120 valence electrons. The number of hydrogen-bond acceptors (Lipinski definition) is 5. The quantitative estimate of drug-likeness (QED) is 0.851. The number of carbonyl (C=O) groups is 1. The third-order valence-corrected chi connectivity index (χ3v) is 3.96. The summed E-state index contributed by atoms with van der Waals surface area (Å²) in [5.41, 5.74) is 0.554. The van der Waals surface area contributed by atoms with Crippen molar-refractivity contribution in [3.63, 3.8) is 0 Å². The molecule has 1 amide bonds. The zero-order valence-corrected chi connectivity index (χ0v) is 13.0. The number of hydrogen-bond donors (Lipinski definition) is 0. The maximum atomic E-state index is 12.7. The van der Waals surface area contributed by atoms with Crippen molar-refractivity contribution in [1.82, 2.24) is 4.90 Å². The fourth-order valence-corrected chi connectivity index (χ4v) is 2.73. The number of ether oxygens (including phenoxy) is 4. The molecule has 2 aliphatic heterocycles. The van der Waals surface area contributed by atoms with Crippen LogP contribution in [-0.2, 0) is 4.74 Å². The minimum atomic E-state index is -0.0305. The van der Waals surface area contributed by atoms with Crippen molar-refractivity contribution < 1.29 is 23.7 Å². The summed E-state index contributed by atoms with van der Waals surface area (Å²) in [5, 5.41) is 0. The van der Waals surface area contributed by atoms with E-state index >= 15 is 0 Å². The van der Waals surface area contributed by atoms with Gasteiger partial charge in [-0.2, -0.15) is 0 Å². The topological polar surface area (TPSA) is 57.2 Å². The van der Waals surface area contributed by atoms with Crippen molar-refractivity contribution in [2.45, 2.75) is 19.4 Å². The molecule has 0 N–H and O–H groups in total. The monoisotopic (exact) mass is 307 g/mol. The van der Waals surface area contributed by atoms with Crippen molar-refractivity contribution >= 4 is 5.91 Å². The van der Waals surface area contributed by atoms with Gasteiger partial charge in [-0.15, -0.1) is 0 Å². The Morgan fingerprint density at radius 3 is 2.91 bits per heavy atom. The summed E-state index contributed by atoms with van der Waals surface area (Å²) in [6, 6.07) is 3.45. The average molecular weight is 307 g/mol. The molecule has 0 aliphatic carbocycles. The standard InChI is InChI=1S/C16H21NO5/c1-3-12-10-17(4-5-20-12)16(18)11-8-13(19-2)15-14(9-11)21-6-7-22-15/h8-9,12H,3-7,10H2,1-2H3/t12-/m1/s1. The smallest absolute Gasteiger partial charge is 0.254 e. The minimum Gasteiger partial charge on any atom is -0.493 e. The van der Waals surface area contributed by atoms with E-state index in [0.29, 0.717) is 55.7 Å². The van der Waals surface area contributed by atoms with Crippen LogP contribution in [-0.4, -0.2) is 56.9 Å². The molecule has 0 saturated carbocycles. The summed E-state index contributed by atoms with van der Waals surface area (Å²) in [7, 11) is 1.56. The number of fused-ring (bicyclic) bond motifs is 1. The molecule has 0 radical (unpaired) electrons. The van der Waals surface area contributed by atoms with E-state index in [0.717, 1.165) is 6.42 Å². The van der Waals surface area contributed by atoms with Crippen LogP contribution in [0.15, 0.2) is 12.1 Å². The molecule has 2 aliphatic rings. The molecule has 2 heterocycles. The van der Waals surface area contributed by atoms with E-state index in [1.54, 1.807) is 19.2 Å². The first-order chi connectivity index (χ1) is 10.7. The highest BCUT2D eigenvalue weighted by atomic mass is 16.6. The summed E-state index contributed by atoms with van der Waals surface area (Å²) < 4.78 is 22.1. The second kappa shape index (κ2) is 6.44. The molecule has 6 nitrogen and oxygen atoms in total. The van der Waals surface area contributed by atoms with Crippen molar-refractivity contribution in [1.29, 1.82) is 0 Å². The van der Waals surface area contributed by atoms with E-state index in [4.69, 9.17) is 18.9 Å². The van der Waals surface area contributed by atoms with Gasteiger partial charge in [-0.1, -0.05) is 6.92 Å². The maximum Gasteiger partial charge on any atom is 0.254 e. The summed E-state index contributed by atoms with van der Waals surface area (Å²) in [5.74, 6) is 1.63. The molecule has 1 fully saturated rings. The van der Waals surface area contributed by atoms with Gasteiger partial charge in [0, 0.05) is 18.7 Å². The third-order valence-electron chi connectivity index (χ3n) is 3.96. The molecule has 0 unspecified atom stereocenters. The molecule has 1 atom stereocenters. The summed E-state index contributed by atoms with van der Waals surface area (Å²) >= 11 is 0. The van der Waals surface area contributed by atoms with E-state index in [1.807, 2.05) is 4.90 Å². The van der Waals surface area contributed by atoms with Crippen molar-refractivity contribution in [2.24, 2.45) is 0 Å². The molecule has 3 rings (SSSR count). The lowest BCUT2D eigenvalue weighted by Crippen LogP contribution is -2.45. The van der Waals surface area contributed by atoms with Crippen LogP contribution in [0, 0.1) is 0 Å². The highest BCUT2D eigenvalue weighted by Crippen LogP contribution is 2.40. The van der Waals surface area contributed by atoms with Crippen LogP contribution in [0.4, 0.5) is 0 Å². The van der Waals surface area contributed by atoms with Crippen molar-refractivity contribution in [3.8, 4) is 17.2 Å². The molecule has 0 spiro atoms. The lowest BCUT2D eigenvalue weighted by molar-refractivity contribution is -0.0226. The van der Waals surface area contributed by atoms with E-state index in [1.165, 1.54) is 0 Å². The Kier molecular flexibility index (Phi) is 4.38. The fourth-order valence-electron chi connectivity index (χ4n) is 2.73. The largest absolute Gasteiger partial charge is 0.493 e. The molecule has 0 aromatic heterocycles. The number of nitrogens with zero attached hydrogens (tertiary/aromatic N) is 1. The molecule has 6 heteroatoms. The predicted molar refractivity (Wildman–Crippen MR) is 79.9 cm³/mol. The zero-order chi connectivity index (χ0) is 15.5. The molecule has 22 heavy (non-hydrogen) atoms.